The van der Waals surface area contributed by atoms with Crippen LogP contribution in [0, 0.1) is 5.92 Å². The zero-order chi connectivity index (χ0) is 68.0. The fourth-order valence-electron chi connectivity index (χ4n) is 12.3. The van der Waals surface area contributed by atoms with Gasteiger partial charge in [0.2, 0.25) is 35.4 Å². The minimum absolute atomic E-state index is 0. The van der Waals surface area contributed by atoms with E-state index in [1.807, 2.05) is 24.3 Å². The topological polar surface area (TPSA) is 404 Å². The number of aliphatic hydroxyl groups excluding tert-OH is 6. The van der Waals surface area contributed by atoms with Gasteiger partial charge in [-0.1, -0.05) is 55.7 Å². The van der Waals surface area contributed by atoms with E-state index in [4.69, 9.17) is 9.47 Å². The lowest BCUT2D eigenvalue weighted by molar-refractivity contribution is -0.895. The summed E-state index contributed by atoms with van der Waals surface area (Å²) in [6, 6.07) is 6.36. The maximum absolute atomic E-state index is 15.1. The lowest BCUT2D eigenvalue weighted by Crippen LogP contribution is -3.00. The highest BCUT2D eigenvalue weighted by Crippen LogP contribution is 2.33. The Morgan fingerprint density at radius 2 is 1.33 bits per heavy atom. The predicted molar refractivity (Wildman–Crippen MR) is 343 cm³/mol. The third-order valence-corrected chi connectivity index (χ3v) is 19.0. The highest BCUT2D eigenvalue weighted by Gasteiger charge is 2.50. The number of nitrogens with one attached hydrogen (secondary N) is 6. The average molecular weight is 1370 g/mol. The largest absolute Gasteiger partial charge is 1.00 e. The number of fused-ring (bicyclic) bond motifs is 2. The number of piperidine rings is 1. The maximum atomic E-state index is 15.1. The second-order valence-corrected chi connectivity index (χ2v) is 26.8. The Bertz CT molecular complexity index is 3230. The molecule has 3 aromatic carbocycles. The number of aromatic nitrogens is 2. The third-order valence-electron chi connectivity index (χ3n) is 18.0. The molecule has 1 aromatic heterocycles. The van der Waals surface area contributed by atoms with Crippen molar-refractivity contribution < 1.29 is 101 Å². The highest BCUT2D eigenvalue weighted by atomic mass is 35.5. The van der Waals surface area contributed by atoms with E-state index in [1.165, 1.54) is 29.5 Å². The molecule has 4 aromatic rings. The molecule has 0 aliphatic carbocycles. The molecule has 4 saturated heterocycles. The first kappa shape index (κ1) is 75.2. The van der Waals surface area contributed by atoms with Crippen LogP contribution < -0.4 is 49.0 Å². The molecule has 8 rings (SSSR count). The number of nitrogens with zero attached hydrogens (tertiary/aromatic N) is 5. The monoisotopic (exact) mass is 1370 g/mol. The minimum atomic E-state index is -2.05. The molecule has 4 aliphatic heterocycles. The summed E-state index contributed by atoms with van der Waals surface area (Å²) in [4.78, 5) is 104. The van der Waals surface area contributed by atoms with Crippen LogP contribution in [0.15, 0.2) is 66.7 Å². The van der Waals surface area contributed by atoms with Crippen molar-refractivity contribution in [3.05, 3.63) is 77.9 Å². The number of rotatable bonds is 22. The Labute approximate surface area is 562 Å². The van der Waals surface area contributed by atoms with Crippen LogP contribution in [0.4, 0.5) is 0 Å². The van der Waals surface area contributed by atoms with Crippen LogP contribution >= 0.6 is 11.3 Å². The third kappa shape index (κ3) is 20.2. The van der Waals surface area contributed by atoms with Crippen LogP contribution in [0.25, 0.3) is 21.1 Å². The van der Waals surface area contributed by atoms with E-state index in [2.05, 4.69) is 56.2 Å². The van der Waals surface area contributed by atoms with E-state index in [1.54, 1.807) is 26.2 Å². The van der Waals surface area contributed by atoms with Gasteiger partial charge in [-0.2, -0.15) is 0 Å². The summed E-state index contributed by atoms with van der Waals surface area (Å²) < 4.78 is 11.9. The summed E-state index contributed by atoms with van der Waals surface area (Å²) in [5.41, 5.74) is 1.60. The quantitative estimate of drug-likeness (QED) is 0.0206. The number of aromatic hydroxyl groups is 2. The van der Waals surface area contributed by atoms with Gasteiger partial charge in [0.25, 0.3) is 5.91 Å². The second kappa shape index (κ2) is 34.7. The number of hydrogen-bond donors (Lipinski definition) is 14. The molecule has 7 amide bonds. The van der Waals surface area contributed by atoms with Crippen molar-refractivity contribution in [2.45, 2.75) is 163 Å². The number of β-amino-alcohol motifs (C(OH)–C–C–N with tert-alkyl or cyclic N) is 1. The molecule has 4 fully saturated rings. The molecule has 4 aliphatic rings. The van der Waals surface area contributed by atoms with E-state index < -0.39 is 164 Å². The van der Waals surface area contributed by atoms with Gasteiger partial charge in [0.05, 0.1) is 70.4 Å². The van der Waals surface area contributed by atoms with Crippen molar-refractivity contribution >= 4 is 52.7 Å². The number of halogens is 1. The summed E-state index contributed by atoms with van der Waals surface area (Å²) in [7, 11) is 5.94. The smallest absolute Gasteiger partial charge is 0.251 e. The van der Waals surface area contributed by atoms with Crippen LogP contribution in [0.3, 0.4) is 0 Å². The molecule has 95 heavy (non-hydrogen) atoms. The number of ether oxygens (including phenoxy) is 2. The zero-order valence-electron chi connectivity index (χ0n) is 54.1. The van der Waals surface area contributed by atoms with Crippen LogP contribution in [0.5, 0.6) is 17.2 Å². The van der Waals surface area contributed by atoms with E-state index >= 15 is 4.79 Å². The number of carbonyl (C=O) groups is 7. The van der Waals surface area contributed by atoms with Gasteiger partial charge in [0, 0.05) is 94.1 Å². The van der Waals surface area contributed by atoms with Crippen molar-refractivity contribution in [3.63, 3.8) is 0 Å². The summed E-state index contributed by atoms with van der Waals surface area (Å²) in [6.45, 7) is 4.52. The van der Waals surface area contributed by atoms with Crippen molar-refractivity contribution in [2.24, 2.45) is 5.92 Å². The van der Waals surface area contributed by atoms with Crippen molar-refractivity contribution in [3.8, 4) is 38.4 Å². The van der Waals surface area contributed by atoms with Gasteiger partial charge in [-0.25, -0.2) is 0 Å². The number of unbranched alkanes of at least 4 members (excludes halogenated alkanes) is 4. The maximum Gasteiger partial charge on any atom is 0.251 e. The fourth-order valence-corrected chi connectivity index (χ4v) is 13.1. The van der Waals surface area contributed by atoms with Crippen molar-refractivity contribution in [1.29, 1.82) is 0 Å². The van der Waals surface area contributed by atoms with E-state index in [0.29, 0.717) is 22.2 Å². The number of quaternary nitrogens is 1. The van der Waals surface area contributed by atoms with Crippen LogP contribution in [-0.4, -0.2) is 259 Å². The Hall–Kier alpha value is -7.16. The summed E-state index contributed by atoms with van der Waals surface area (Å²) >= 11 is 1.31. The Balaban J connectivity index is 0.0000128. The second-order valence-electron chi connectivity index (χ2n) is 25.8. The molecule has 30 heteroatoms. The molecule has 0 unspecified atom stereocenters. The van der Waals surface area contributed by atoms with Gasteiger partial charge in [-0.3, -0.25) is 33.6 Å². The van der Waals surface area contributed by atoms with E-state index in [0.717, 1.165) is 109 Å². The molecule has 0 spiro atoms. The number of methoxy groups -OCH3 is 1. The van der Waals surface area contributed by atoms with Gasteiger partial charge in [0.1, 0.15) is 52.0 Å². The number of hydrogen-bond acceptors (Lipinski definition) is 21. The predicted octanol–water partition coefficient (Wildman–Crippen LogP) is -3.57. The van der Waals surface area contributed by atoms with Crippen molar-refractivity contribution in [2.75, 3.05) is 73.7 Å². The van der Waals surface area contributed by atoms with Crippen LogP contribution in [0.1, 0.15) is 94.0 Å². The Morgan fingerprint density at radius 1 is 0.716 bits per heavy atom. The van der Waals surface area contributed by atoms with Crippen LogP contribution in [0.2, 0.25) is 0 Å². The molecule has 5 heterocycles. The number of phenolic OH excluding ortho intramolecular Hbond substituents is 2. The number of carbonyl (C=O) groups excluding carboxylic acids is 7. The molecular weight excluding hydrogens is 1270 g/mol. The van der Waals surface area contributed by atoms with Gasteiger partial charge in [0.15, 0.2) is 11.5 Å². The molecule has 0 radical (unpaired) electrons. The lowest BCUT2D eigenvalue weighted by Gasteiger charge is -2.37. The number of phenols is 2. The molecule has 13 atom stereocenters. The number of aliphatic hydroxyl groups is 6. The zero-order valence-corrected chi connectivity index (χ0v) is 55.7. The molecule has 28 nitrogen and oxygen atoms in total. The minimum Gasteiger partial charge on any atom is -1.00 e. The molecule has 0 bridgehead atoms. The average Bonchev–Trinajstić information content (AvgIpc) is 1.69. The van der Waals surface area contributed by atoms with Gasteiger partial charge in [-0.15, -0.1) is 10.2 Å². The number of benzene rings is 3. The summed E-state index contributed by atoms with van der Waals surface area (Å²) in [5, 5.41) is 116. The van der Waals surface area contributed by atoms with E-state index in [-0.39, 0.29) is 49.1 Å². The SMILES string of the molecule is COCCCCCCCOc1ccc(-c2nnc(-c3ccc(C(=O)N[C@H]4C[C@H](O)CNC(=O)[C@@H]5[C@@H](O)[C@H](C)CN5C(=O)[C@H]([C@H](O)CCNC5CC[N+](C)(C)CC5)NC(=O)[C@H]([C@H](O)Cc5ccc(O)c(O)c5)NC(=O)[C@@H]5C[C@H](O)CN5C(=O)[C@H]([C@H](C)O)NC4=O)cc3)s2)cc1.[Cl-]. The molecule has 522 valence electrons. The lowest BCUT2D eigenvalue weighted by atomic mass is 9.98. The van der Waals surface area contributed by atoms with Crippen LogP contribution in [-0.2, 0) is 39.9 Å². The standard InChI is InChI=1S/C65H91N11O17S.ClH/c1-36-34-75-55(56(36)84)61(89)67-33-43(78)31-46(68-57(85)39-12-14-40(15-13-39)62-72-73-63(94-62)41-16-18-45(19-17-41)93-28-10-8-6-7-9-27-92-5)58(86)69-52(37(2)77)64(90)74-35-44(79)32-47(74)59(87)70-53(51(83)30-38-11-20-48(80)50(82)29-38)60(88)71-54(65(75)91)49(81)21-24-66-42-22-25-76(3,4)26-23-42;/h11-20,29,36-37,42-44,46-47,49,51-56,66,77-79,81,83-84H,6-10,21-28,30-35H2,1-5H3,(H6-,67,68,69,70,71,72,80,82,85,86,87,88,89);1H/t36-,37+,43+,44+,46+,47+,49-,51-,52+,53+,54+,55+,56+;/m1./s1. The molecule has 14 N–H and O–H groups in total. The molecular formula is C65H92ClN11O17S. The fraction of sp³-hybridized carbons (Fsp3) is 0.585. The highest BCUT2D eigenvalue weighted by molar-refractivity contribution is 7.17. The van der Waals surface area contributed by atoms with Gasteiger partial charge >= 0.3 is 0 Å². The number of likely N-dealkylation sites (tertiary alicyclic amines) is 1. The van der Waals surface area contributed by atoms with Gasteiger partial charge in [-0.05, 0) is 86.8 Å². The summed E-state index contributed by atoms with van der Waals surface area (Å²) in [6.07, 6.45) is -4.84. The first-order valence-corrected chi connectivity index (χ1v) is 33.0. The Kier molecular flexibility index (Phi) is 27.5. The summed E-state index contributed by atoms with van der Waals surface area (Å²) in [5.74, 6) is -8.61. The van der Waals surface area contributed by atoms with Gasteiger partial charge < -0.3 is 109 Å². The Morgan fingerprint density at radius 3 is 1.97 bits per heavy atom. The van der Waals surface area contributed by atoms with E-state index in [9.17, 15) is 69.6 Å². The normalized spacial score (nSPS) is 25.9. The van der Waals surface area contributed by atoms with Crippen molar-refractivity contribution in [1.82, 2.24) is 51.9 Å². The first-order valence-electron chi connectivity index (χ1n) is 32.2. The molecule has 0 saturated carbocycles. The first-order chi connectivity index (χ1) is 44.8. The number of amides is 7.